The molecule has 18 heavy (non-hydrogen) atoms. The fourth-order valence-corrected chi connectivity index (χ4v) is 0.910. The van der Waals surface area contributed by atoms with Crippen LogP contribution in [0, 0.1) is 6.92 Å². The number of aryl methyl sites for hydroxylation is 1. The molecule has 0 saturated heterocycles. The van der Waals surface area contributed by atoms with E-state index in [-0.39, 0.29) is 11.8 Å². The lowest BCUT2D eigenvalue weighted by Crippen LogP contribution is -2.49. The third kappa shape index (κ3) is 2.96. The monoisotopic (exact) mass is 269 g/mol. The Balaban J connectivity index is 2.83. The van der Waals surface area contributed by atoms with Gasteiger partial charge in [0.2, 0.25) is 18.1 Å². The van der Waals surface area contributed by atoms with Gasteiger partial charge in [0.15, 0.2) is 5.54 Å². The summed E-state index contributed by atoms with van der Waals surface area (Å²) in [5.41, 5.74) is 3.54. The van der Waals surface area contributed by atoms with Crippen molar-refractivity contribution in [3.63, 3.8) is 0 Å². The first-order valence-corrected chi connectivity index (χ1v) is 4.60. The number of aromatic nitrogens is 2. The maximum absolute atomic E-state index is 11.9. The second-order valence-electron chi connectivity index (χ2n) is 3.66. The molecule has 0 aromatic carbocycles. The smallest absolute Gasteiger partial charge is 0.427 e. The zero-order valence-corrected chi connectivity index (χ0v) is 9.35. The molecule has 0 fully saturated rings. The number of carbonyl (C=O) groups excluding carboxylic acids is 1. The molecule has 1 rings (SSSR count). The third-order valence-electron chi connectivity index (χ3n) is 1.95. The number of rotatable bonds is 3. The highest BCUT2D eigenvalue weighted by molar-refractivity contribution is 5.75. The highest BCUT2D eigenvalue weighted by atomic mass is 19.4. The Morgan fingerprint density at radius 2 is 2.06 bits per heavy atom. The average Bonchev–Trinajstić information content (AvgIpc) is 2.63. The van der Waals surface area contributed by atoms with Crippen molar-refractivity contribution in [1.82, 2.24) is 10.2 Å². The normalized spacial score (nSPS) is 17.1. The van der Waals surface area contributed by atoms with Crippen molar-refractivity contribution in [3.8, 4) is 0 Å². The predicted molar refractivity (Wildman–Crippen MR) is 48.7 cm³/mol. The quantitative estimate of drug-likeness (QED) is 0.585. The number of nitrogens with zero attached hydrogens (tertiary/aromatic N) is 2. The van der Waals surface area contributed by atoms with Crippen molar-refractivity contribution < 1.29 is 32.2 Å². The lowest BCUT2D eigenvalue weighted by Gasteiger charge is -2.26. The summed E-state index contributed by atoms with van der Waals surface area (Å²) in [6.45, 7) is 2.49. The van der Waals surface area contributed by atoms with Crippen molar-refractivity contribution in [1.29, 1.82) is 0 Å². The van der Waals surface area contributed by atoms with Crippen LogP contribution < -0.4 is 5.73 Å². The van der Waals surface area contributed by atoms with E-state index in [0.717, 1.165) is 6.92 Å². The Labute approximate surface area is 98.7 Å². The molecule has 10 heteroatoms. The molecule has 2 atom stereocenters. The maximum atomic E-state index is 11.9. The van der Waals surface area contributed by atoms with Crippen molar-refractivity contribution in [2.45, 2.75) is 31.9 Å². The van der Waals surface area contributed by atoms with Crippen LogP contribution in [0.4, 0.5) is 13.2 Å². The summed E-state index contributed by atoms with van der Waals surface area (Å²) >= 11 is 0. The molecule has 0 aliphatic heterocycles. The lowest BCUT2D eigenvalue weighted by molar-refractivity contribution is -0.228. The summed E-state index contributed by atoms with van der Waals surface area (Å²) in [5, 5.41) is 16.2. The van der Waals surface area contributed by atoms with Crippen LogP contribution in [0.3, 0.4) is 0 Å². The van der Waals surface area contributed by atoms with Gasteiger partial charge in [-0.05, 0) is 6.92 Å². The van der Waals surface area contributed by atoms with Gasteiger partial charge in [-0.1, -0.05) is 0 Å². The summed E-state index contributed by atoms with van der Waals surface area (Å²) in [5.74, 6) is -2.83. The number of aliphatic hydroxyl groups is 1. The van der Waals surface area contributed by atoms with E-state index < -0.39 is 24.0 Å². The van der Waals surface area contributed by atoms with Crippen LogP contribution in [0.25, 0.3) is 0 Å². The van der Waals surface area contributed by atoms with Crippen LogP contribution in [-0.4, -0.2) is 33.7 Å². The van der Waals surface area contributed by atoms with Gasteiger partial charge in [0.05, 0.1) is 0 Å². The molecule has 1 aromatic heterocycles. The number of hydrogen-bond acceptors (Lipinski definition) is 7. The average molecular weight is 269 g/mol. The van der Waals surface area contributed by atoms with E-state index in [0.29, 0.717) is 0 Å². The van der Waals surface area contributed by atoms with Crippen molar-refractivity contribution in [2.24, 2.45) is 5.73 Å². The number of halogens is 3. The minimum Gasteiger partial charge on any atom is -0.427 e. The highest BCUT2D eigenvalue weighted by Gasteiger charge is 2.46. The van der Waals surface area contributed by atoms with Crippen LogP contribution in [0.2, 0.25) is 0 Å². The van der Waals surface area contributed by atoms with E-state index in [9.17, 15) is 23.1 Å². The van der Waals surface area contributed by atoms with Crippen molar-refractivity contribution in [3.05, 3.63) is 11.8 Å². The first-order chi connectivity index (χ1) is 8.05. The Hall–Kier alpha value is -1.68. The van der Waals surface area contributed by atoms with Gasteiger partial charge < -0.3 is 20.0 Å². The molecule has 1 heterocycles. The van der Waals surface area contributed by atoms with E-state index in [4.69, 9.17) is 10.2 Å². The molecule has 0 amide bonds. The van der Waals surface area contributed by atoms with E-state index in [1.54, 1.807) is 0 Å². The fourth-order valence-electron chi connectivity index (χ4n) is 0.910. The minimum absolute atomic E-state index is 0.0935. The molecule has 0 spiro atoms. The van der Waals surface area contributed by atoms with E-state index in [1.807, 2.05) is 0 Å². The first kappa shape index (κ1) is 14.4. The van der Waals surface area contributed by atoms with Gasteiger partial charge in [-0.25, -0.2) is 4.79 Å². The van der Waals surface area contributed by atoms with E-state index in [1.165, 1.54) is 6.92 Å². The first-order valence-electron chi connectivity index (χ1n) is 4.60. The summed E-state index contributed by atoms with van der Waals surface area (Å²) in [4.78, 5) is 10.5. The highest BCUT2D eigenvalue weighted by Crippen LogP contribution is 2.24. The number of alkyl halides is 3. The standard InChI is InChI=1S/C8H10F3N3O4/c1-3-13-14-4(17-3)7(2,12)5(15)18-6(16)8(9,10)11/h5,15H,12H2,1-2H3/t5?,7-/m0/s1. The number of esters is 1. The van der Waals surface area contributed by atoms with E-state index >= 15 is 0 Å². The van der Waals surface area contributed by atoms with Gasteiger partial charge in [-0.15, -0.1) is 10.2 Å². The zero-order valence-electron chi connectivity index (χ0n) is 9.35. The van der Waals surface area contributed by atoms with Crippen LogP contribution in [0.5, 0.6) is 0 Å². The Morgan fingerprint density at radius 1 is 1.50 bits per heavy atom. The van der Waals surface area contributed by atoms with Crippen LogP contribution in [-0.2, 0) is 15.1 Å². The van der Waals surface area contributed by atoms with Crippen LogP contribution >= 0.6 is 0 Å². The second kappa shape index (κ2) is 4.53. The Bertz CT molecular complexity index is 443. The summed E-state index contributed by atoms with van der Waals surface area (Å²) in [6.07, 6.45) is -7.52. The lowest BCUT2D eigenvalue weighted by atomic mass is 10.0. The number of hydrogen-bond donors (Lipinski definition) is 2. The van der Waals surface area contributed by atoms with Crippen molar-refractivity contribution >= 4 is 5.97 Å². The summed E-state index contributed by atoms with van der Waals surface area (Å²) in [6, 6.07) is 0. The molecule has 0 bridgehead atoms. The SMILES string of the molecule is Cc1nnc([C@](C)(N)C(O)OC(=O)C(F)(F)F)o1. The molecule has 0 aliphatic carbocycles. The molecule has 1 unspecified atom stereocenters. The summed E-state index contributed by atoms with van der Waals surface area (Å²) in [7, 11) is 0. The maximum Gasteiger partial charge on any atom is 0.491 e. The second-order valence-corrected chi connectivity index (χ2v) is 3.66. The molecule has 0 aliphatic rings. The van der Waals surface area contributed by atoms with Gasteiger partial charge in [0.25, 0.3) is 0 Å². The topological polar surface area (TPSA) is 111 Å². The number of ether oxygens (including phenoxy) is 1. The molecular formula is C8H10F3N3O4. The molecule has 0 saturated carbocycles. The molecular weight excluding hydrogens is 259 g/mol. The Kier molecular flexibility index (Phi) is 3.62. The molecule has 102 valence electrons. The van der Waals surface area contributed by atoms with Gasteiger partial charge in [0, 0.05) is 6.92 Å². The predicted octanol–water partition coefficient (Wildman–Crippen LogP) is -0.0242. The van der Waals surface area contributed by atoms with Gasteiger partial charge in [-0.3, -0.25) is 0 Å². The van der Waals surface area contributed by atoms with Gasteiger partial charge in [-0.2, -0.15) is 13.2 Å². The number of aliphatic hydroxyl groups excluding tert-OH is 1. The zero-order chi connectivity index (χ0) is 14.1. The minimum atomic E-state index is -5.23. The van der Waals surface area contributed by atoms with E-state index in [2.05, 4.69) is 14.9 Å². The number of carbonyl (C=O) groups is 1. The Morgan fingerprint density at radius 3 is 2.44 bits per heavy atom. The van der Waals surface area contributed by atoms with Gasteiger partial charge in [0.1, 0.15) is 0 Å². The molecule has 1 aromatic rings. The molecule has 7 nitrogen and oxygen atoms in total. The van der Waals surface area contributed by atoms with Crippen molar-refractivity contribution in [2.75, 3.05) is 0 Å². The van der Waals surface area contributed by atoms with Crippen LogP contribution in [0.15, 0.2) is 4.42 Å². The molecule has 3 N–H and O–H groups in total. The van der Waals surface area contributed by atoms with Crippen LogP contribution in [0.1, 0.15) is 18.7 Å². The number of nitrogens with two attached hydrogens (primary N) is 1. The molecule has 0 radical (unpaired) electrons. The third-order valence-corrected chi connectivity index (χ3v) is 1.95. The van der Waals surface area contributed by atoms with Gasteiger partial charge >= 0.3 is 12.1 Å². The largest absolute Gasteiger partial charge is 0.491 e. The fraction of sp³-hybridized carbons (Fsp3) is 0.625. The summed E-state index contributed by atoms with van der Waals surface area (Å²) < 4.78 is 44.4.